The predicted octanol–water partition coefficient (Wildman–Crippen LogP) is 3.24. The molecule has 0 saturated heterocycles. The molecular weight excluding hydrogens is 316 g/mol. The first-order valence-corrected chi connectivity index (χ1v) is 7.94. The summed E-state index contributed by atoms with van der Waals surface area (Å²) in [5.74, 6) is 0.357. The van der Waals surface area contributed by atoms with E-state index in [4.69, 9.17) is 4.74 Å². The lowest BCUT2D eigenvalue weighted by Gasteiger charge is -2.05. The Hall–Kier alpha value is -3.41. The van der Waals surface area contributed by atoms with E-state index in [0.29, 0.717) is 18.0 Å². The van der Waals surface area contributed by atoms with Crippen molar-refractivity contribution in [3.8, 4) is 17.0 Å². The number of benzene rings is 2. The highest BCUT2D eigenvalue weighted by Crippen LogP contribution is 2.17. The molecule has 6 nitrogen and oxygen atoms in total. The smallest absolute Gasteiger partial charge is 0.289 e. The zero-order valence-corrected chi connectivity index (χ0v) is 13.8. The number of hydrogen-bond donors (Lipinski definition) is 2. The van der Waals surface area contributed by atoms with E-state index >= 15 is 0 Å². The van der Waals surface area contributed by atoms with Gasteiger partial charge in [0.25, 0.3) is 5.91 Å². The number of rotatable bonds is 6. The standard InChI is InChI=1S/C19H18N4O2/c1-2-25-18-11-7-6-10-15(18)13-20-23-19(24)17-12-16(21-22-17)14-8-4-3-5-9-14/h3-13H,2H2,1H3,(H,21,22)(H,23,24)/b20-13+. The minimum absolute atomic E-state index is 0.342. The van der Waals surface area contributed by atoms with Crippen LogP contribution in [0.4, 0.5) is 0 Å². The van der Waals surface area contributed by atoms with E-state index in [1.807, 2.05) is 61.5 Å². The first kappa shape index (κ1) is 16.4. The minimum atomic E-state index is -0.361. The number of carbonyl (C=O) groups is 1. The molecule has 0 saturated carbocycles. The lowest BCUT2D eigenvalue weighted by Crippen LogP contribution is -2.18. The van der Waals surface area contributed by atoms with E-state index in [1.165, 1.54) is 0 Å². The number of amides is 1. The van der Waals surface area contributed by atoms with Crippen LogP contribution in [0.1, 0.15) is 23.0 Å². The van der Waals surface area contributed by atoms with Gasteiger partial charge in [-0.2, -0.15) is 10.2 Å². The van der Waals surface area contributed by atoms with Gasteiger partial charge in [-0.15, -0.1) is 0 Å². The van der Waals surface area contributed by atoms with Crippen molar-refractivity contribution < 1.29 is 9.53 Å². The number of nitrogens with zero attached hydrogens (tertiary/aromatic N) is 2. The Balaban J connectivity index is 1.66. The Morgan fingerprint density at radius 2 is 1.96 bits per heavy atom. The first-order chi connectivity index (χ1) is 12.3. The Bertz CT molecular complexity index is 872. The second-order valence-electron chi connectivity index (χ2n) is 5.20. The van der Waals surface area contributed by atoms with Crippen LogP contribution >= 0.6 is 0 Å². The molecule has 0 fully saturated rings. The molecule has 126 valence electrons. The highest BCUT2D eigenvalue weighted by atomic mass is 16.5. The Morgan fingerprint density at radius 3 is 2.76 bits per heavy atom. The molecule has 0 unspecified atom stereocenters. The molecule has 1 amide bonds. The highest BCUT2D eigenvalue weighted by Gasteiger charge is 2.10. The Morgan fingerprint density at radius 1 is 1.20 bits per heavy atom. The van der Waals surface area contributed by atoms with Gasteiger partial charge in [0.05, 0.1) is 18.5 Å². The number of aromatic nitrogens is 2. The number of para-hydroxylation sites is 1. The van der Waals surface area contributed by atoms with Gasteiger partial charge < -0.3 is 4.74 Å². The van der Waals surface area contributed by atoms with E-state index in [0.717, 1.165) is 16.9 Å². The molecule has 0 radical (unpaired) electrons. The molecular formula is C19H18N4O2. The minimum Gasteiger partial charge on any atom is -0.493 e. The molecule has 0 aliphatic rings. The van der Waals surface area contributed by atoms with Crippen molar-refractivity contribution in [2.75, 3.05) is 6.61 Å². The summed E-state index contributed by atoms with van der Waals surface area (Å²) in [5.41, 5.74) is 5.26. The van der Waals surface area contributed by atoms with Crippen LogP contribution in [-0.2, 0) is 0 Å². The number of carbonyl (C=O) groups excluding carboxylic acids is 1. The summed E-state index contributed by atoms with van der Waals surface area (Å²) in [6, 6.07) is 18.8. The average Bonchev–Trinajstić information content (AvgIpc) is 3.14. The van der Waals surface area contributed by atoms with Crippen LogP contribution in [0.15, 0.2) is 65.8 Å². The zero-order chi connectivity index (χ0) is 17.5. The molecule has 1 aromatic heterocycles. The summed E-state index contributed by atoms with van der Waals surface area (Å²) < 4.78 is 5.51. The summed E-state index contributed by atoms with van der Waals surface area (Å²) in [4.78, 5) is 12.2. The van der Waals surface area contributed by atoms with E-state index in [1.54, 1.807) is 12.3 Å². The van der Waals surface area contributed by atoms with Crippen molar-refractivity contribution in [3.05, 3.63) is 71.9 Å². The summed E-state index contributed by atoms with van der Waals surface area (Å²) in [6.45, 7) is 2.48. The van der Waals surface area contributed by atoms with Crippen molar-refractivity contribution in [1.82, 2.24) is 15.6 Å². The van der Waals surface area contributed by atoms with Gasteiger partial charge in [-0.25, -0.2) is 5.43 Å². The average molecular weight is 334 g/mol. The van der Waals surface area contributed by atoms with Crippen LogP contribution in [-0.4, -0.2) is 28.9 Å². The van der Waals surface area contributed by atoms with Gasteiger partial charge in [0.1, 0.15) is 11.4 Å². The fourth-order valence-corrected chi connectivity index (χ4v) is 2.29. The largest absolute Gasteiger partial charge is 0.493 e. The van der Waals surface area contributed by atoms with Crippen LogP contribution in [0.25, 0.3) is 11.3 Å². The SMILES string of the molecule is CCOc1ccccc1/C=N/NC(=O)c1cc(-c2ccccc2)n[nH]1. The van der Waals surface area contributed by atoms with E-state index in [9.17, 15) is 4.79 Å². The zero-order valence-electron chi connectivity index (χ0n) is 13.8. The third-order valence-corrected chi connectivity index (χ3v) is 3.48. The molecule has 3 rings (SSSR count). The predicted molar refractivity (Wildman–Crippen MR) is 96.7 cm³/mol. The molecule has 2 N–H and O–H groups in total. The molecule has 0 aliphatic carbocycles. The van der Waals surface area contributed by atoms with Gasteiger partial charge >= 0.3 is 0 Å². The molecule has 25 heavy (non-hydrogen) atoms. The van der Waals surface area contributed by atoms with Crippen LogP contribution in [0.5, 0.6) is 5.75 Å². The second kappa shape index (κ2) is 7.92. The van der Waals surface area contributed by atoms with Crippen LogP contribution in [0.2, 0.25) is 0 Å². The maximum absolute atomic E-state index is 12.2. The van der Waals surface area contributed by atoms with Crippen molar-refractivity contribution in [2.45, 2.75) is 6.92 Å². The lowest BCUT2D eigenvalue weighted by atomic mass is 10.1. The van der Waals surface area contributed by atoms with Crippen LogP contribution in [0.3, 0.4) is 0 Å². The van der Waals surface area contributed by atoms with E-state index < -0.39 is 0 Å². The van der Waals surface area contributed by atoms with Gasteiger partial charge in [-0.05, 0) is 25.1 Å². The summed E-state index contributed by atoms with van der Waals surface area (Å²) >= 11 is 0. The topological polar surface area (TPSA) is 79.4 Å². The summed E-state index contributed by atoms with van der Waals surface area (Å²) in [7, 11) is 0. The van der Waals surface area contributed by atoms with Gasteiger partial charge in [0.2, 0.25) is 0 Å². The van der Waals surface area contributed by atoms with Gasteiger partial charge in [0, 0.05) is 11.1 Å². The molecule has 1 heterocycles. The number of hydrazone groups is 1. The Kier molecular flexibility index (Phi) is 5.21. The van der Waals surface area contributed by atoms with Gasteiger partial charge in [-0.1, -0.05) is 42.5 Å². The number of nitrogens with one attached hydrogen (secondary N) is 2. The molecule has 0 spiro atoms. The first-order valence-electron chi connectivity index (χ1n) is 7.94. The second-order valence-corrected chi connectivity index (χ2v) is 5.20. The third-order valence-electron chi connectivity index (χ3n) is 3.48. The van der Waals surface area contributed by atoms with Gasteiger partial charge in [-0.3, -0.25) is 9.89 Å². The van der Waals surface area contributed by atoms with Gasteiger partial charge in [0.15, 0.2) is 0 Å². The van der Waals surface area contributed by atoms with Crippen molar-refractivity contribution >= 4 is 12.1 Å². The van der Waals surface area contributed by atoms with Crippen LogP contribution in [0, 0.1) is 0 Å². The lowest BCUT2D eigenvalue weighted by molar-refractivity contribution is 0.0950. The van der Waals surface area contributed by atoms with Crippen molar-refractivity contribution in [1.29, 1.82) is 0 Å². The third kappa shape index (κ3) is 4.11. The van der Waals surface area contributed by atoms with E-state index in [2.05, 4.69) is 20.7 Å². The van der Waals surface area contributed by atoms with E-state index in [-0.39, 0.29) is 5.91 Å². The maximum atomic E-state index is 12.2. The number of aromatic amines is 1. The quantitative estimate of drug-likeness (QED) is 0.536. The fraction of sp³-hybridized carbons (Fsp3) is 0.105. The molecule has 2 aromatic carbocycles. The Labute approximate surface area is 145 Å². The van der Waals surface area contributed by atoms with Crippen molar-refractivity contribution in [3.63, 3.8) is 0 Å². The molecule has 0 aliphatic heterocycles. The number of hydrogen-bond acceptors (Lipinski definition) is 4. The molecule has 0 bridgehead atoms. The summed E-state index contributed by atoms with van der Waals surface area (Å²) in [6.07, 6.45) is 1.55. The highest BCUT2D eigenvalue weighted by molar-refractivity contribution is 5.94. The normalized spacial score (nSPS) is 10.8. The fourth-order valence-electron chi connectivity index (χ4n) is 2.29. The van der Waals surface area contributed by atoms with Crippen LogP contribution < -0.4 is 10.2 Å². The number of H-pyrrole nitrogens is 1. The van der Waals surface area contributed by atoms with Crippen molar-refractivity contribution in [2.24, 2.45) is 5.10 Å². The maximum Gasteiger partial charge on any atom is 0.289 e. The molecule has 6 heteroatoms. The summed E-state index contributed by atoms with van der Waals surface area (Å²) in [5, 5.41) is 10.9. The number of ether oxygens (including phenoxy) is 1. The molecule has 0 atom stereocenters. The molecule has 3 aromatic rings. The monoisotopic (exact) mass is 334 g/mol.